The summed E-state index contributed by atoms with van der Waals surface area (Å²) in [6, 6.07) is 8.05. The van der Waals surface area contributed by atoms with Crippen molar-refractivity contribution in [3.63, 3.8) is 0 Å². The van der Waals surface area contributed by atoms with E-state index in [0.717, 1.165) is 17.3 Å². The van der Waals surface area contributed by atoms with E-state index in [1.54, 1.807) is 11.0 Å². The summed E-state index contributed by atoms with van der Waals surface area (Å²) >= 11 is 0. The first-order valence-electron chi connectivity index (χ1n) is 9.99. The van der Waals surface area contributed by atoms with E-state index in [0.29, 0.717) is 37.9 Å². The van der Waals surface area contributed by atoms with Crippen LogP contribution in [0.5, 0.6) is 0 Å². The number of fused-ring (bicyclic) bond motifs is 1. The predicted octanol–water partition coefficient (Wildman–Crippen LogP) is 0.982. The monoisotopic (exact) mass is 396 g/mol. The van der Waals surface area contributed by atoms with Crippen LogP contribution in [0, 0.1) is 5.92 Å². The number of nitrogens with zero attached hydrogens (tertiary/aromatic N) is 1. The molecule has 3 N–H and O–H groups in total. The van der Waals surface area contributed by atoms with Crippen LogP contribution in [0.3, 0.4) is 0 Å². The Morgan fingerprint density at radius 3 is 2.83 bits per heavy atom. The Labute approximate surface area is 168 Å². The van der Waals surface area contributed by atoms with Gasteiger partial charge in [-0.15, -0.1) is 0 Å². The number of aromatic nitrogens is 1. The molecule has 152 valence electrons. The van der Waals surface area contributed by atoms with Crippen molar-refractivity contribution < 1.29 is 19.2 Å². The quantitative estimate of drug-likeness (QED) is 0.632. The molecule has 1 aromatic heterocycles. The second kappa shape index (κ2) is 8.06. The number of benzene rings is 1. The zero-order valence-corrected chi connectivity index (χ0v) is 16.0. The number of para-hydroxylation sites is 1. The van der Waals surface area contributed by atoms with Crippen molar-refractivity contribution in [3.8, 4) is 0 Å². The lowest BCUT2D eigenvalue weighted by atomic mass is 9.99. The third kappa shape index (κ3) is 3.87. The third-order valence-corrected chi connectivity index (χ3v) is 5.77. The number of nitrogens with one attached hydrogen (secondary N) is 3. The predicted molar refractivity (Wildman–Crippen MR) is 106 cm³/mol. The van der Waals surface area contributed by atoms with E-state index in [1.807, 2.05) is 24.3 Å². The van der Waals surface area contributed by atoms with Crippen molar-refractivity contribution in [1.29, 1.82) is 0 Å². The normalized spacial score (nSPS) is 22.5. The molecule has 2 aliphatic rings. The van der Waals surface area contributed by atoms with Gasteiger partial charge < -0.3 is 25.3 Å². The lowest BCUT2D eigenvalue weighted by Crippen LogP contribution is -2.49. The highest BCUT2D eigenvalue weighted by Gasteiger charge is 2.36. The first-order valence-corrected chi connectivity index (χ1v) is 9.99. The van der Waals surface area contributed by atoms with E-state index >= 15 is 0 Å². The number of H-pyrrole nitrogens is 1. The number of amides is 3. The largest absolute Gasteiger partial charge is 0.356 e. The van der Waals surface area contributed by atoms with Gasteiger partial charge in [-0.3, -0.25) is 14.4 Å². The van der Waals surface area contributed by atoms with Crippen LogP contribution in [0.2, 0.25) is 0 Å². The molecular weight excluding hydrogens is 372 g/mol. The average molecular weight is 396 g/mol. The summed E-state index contributed by atoms with van der Waals surface area (Å²) in [4.78, 5) is 53.7. The maximum absolute atomic E-state index is 13.0. The Morgan fingerprint density at radius 2 is 2.10 bits per heavy atom. The van der Waals surface area contributed by atoms with E-state index < -0.39 is 12.1 Å². The first kappa shape index (κ1) is 19.2. The molecule has 2 aliphatic heterocycles. The van der Waals surface area contributed by atoms with Gasteiger partial charge in [0.25, 0.3) is 5.91 Å². The van der Waals surface area contributed by atoms with Crippen LogP contribution in [-0.4, -0.2) is 59.1 Å². The molecule has 8 heteroatoms. The van der Waals surface area contributed by atoms with Crippen molar-refractivity contribution in [3.05, 3.63) is 36.0 Å². The molecule has 3 heterocycles. The first-order chi connectivity index (χ1) is 14.1. The third-order valence-electron chi connectivity index (χ3n) is 5.77. The summed E-state index contributed by atoms with van der Waals surface area (Å²) in [7, 11) is 0. The summed E-state index contributed by atoms with van der Waals surface area (Å²) < 4.78 is 0. The molecule has 0 spiro atoms. The molecule has 29 heavy (non-hydrogen) atoms. The molecule has 2 aromatic rings. The van der Waals surface area contributed by atoms with Crippen LogP contribution in [0.4, 0.5) is 0 Å². The van der Waals surface area contributed by atoms with Crippen LogP contribution in [-0.2, 0) is 14.4 Å². The molecule has 8 nitrogen and oxygen atoms in total. The van der Waals surface area contributed by atoms with E-state index in [9.17, 15) is 19.2 Å². The molecule has 1 aromatic carbocycles. The molecule has 3 amide bonds. The van der Waals surface area contributed by atoms with Gasteiger partial charge in [-0.05, 0) is 37.8 Å². The maximum atomic E-state index is 13.0. The van der Waals surface area contributed by atoms with Gasteiger partial charge in [-0.25, -0.2) is 0 Å². The van der Waals surface area contributed by atoms with Crippen molar-refractivity contribution in [2.24, 2.45) is 5.92 Å². The van der Waals surface area contributed by atoms with E-state index in [-0.39, 0.29) is 30.1 Å². The Balaban J connectivity index is 1.43. The highest BCUT2D eigenvalue weighted by Crippen LogP contribution is 2.23. The van der Waals surface area contributed by atoms with Crippen molar-refractivity contribution >= 4 is 34.9 Å². The molecule has 0 aliphatic carbocycles. The van der Waals surface area contributed by atoms with Crippen LogP contribution in [0.1, 0.15) is 36.2 Å². The number of likely N-dealkylation sites (tertiary alicyclic amines) is 1. The fourth-order valence-corrected chi connectivity index (χ4v) is 4.23. The number of carbonyl (C=O) groups excluding carboxylic acids is 4. The molecule has 2 saturated heterocycles. The van der Waals surface area contributed by atoms with Gasteiger partial charge in [-0.2, -0.15) is 0 Å². The van der Waals surface area contributed by atoms with E-state index in [2.05, 4.69) is 15.6 Å². The molecule has 4 rings (SSSR count). The smallest absolute Gasteiger partial charge is 0.270 e. The van der Waals surface area contributed by atoms with Gasteiger partial charge in [0.15, 0.2) is 0 Å². The average Bonchev–Trinajstić information content (AvgIpc) is 3.46. The Morgan fingerprint density at radius 1 is 1.28 bits per heavy atom. The summed E-state index contributed by atoms with van der Waals surface area (Å²) in [6.45, 7) is 1.08. The molecule has 2 fully saturated rings. The fourth-order valence-electron chi connectivity index (χ4n) is 4.23. The lowest BCUT2D eigenvalue weighted by molar-refractivity contribution is -0.128. The van der Waals surface area contributed by atoms with Crippen LogP contribution in [0.25, 0.3) is 10.9 Å². The van der Waals surface area contributed by atoms with Gasteiger partial charge in [0, 0.05) is 29.9 Å². The van der Waals surface area contributed by atoms with Crippen LogP contribution < -0.4 is 10.6 Å². The number of aromatic amines is 1. The second-order valence-electron chi connectivity index (χ2n) is 7.69. The molecular formula is C21H24N4O4. The highest BCUT2D eigenvalue weighted by atomic mass is 16.2. The van der Waals surface area contributed by atoms with Crippen molar-refractivity contribution in [2.75, 3.05) is 13.1 Å². The summed E-state index contributed by atoms with van der Waals surface area (Å²) in [6.07, 6.45) is 2.88. The number of hydrogen-bond donors (Lipinski definition) is 3. The number of carbonyl (C=O) groups is 4. The Hall–Kier alpha value is -3.16. The minimum atomic E-state index is -0.734. The van der Waals surface area contributed by atoms with E-state index in [1.165, 1.54) is 0 Å². The van der Waals surface area contributed by atoms with Gasteiger partial charge >= 0.3 is 0 Å². The van der Waals surface area contributed by atoms with Crippen molar-refractivity contribution in [1.82, 2.24) is 20.5 Å². The number of rotatable bonds is 6. The van der Waals surface area contributed by atoms with Gasteiger partial charge in [0.05, 0.1) is 6.04 Å². The minimum absolute atomic E-state index is 0.0809. The standard InChI is InChI=1S/C21H24N4O4/c26-12-15(10-14-7-8-22-19(14)27)23-20(28)18-6-3-9-25(18)21(29)17-11-13-4-1-2-5-16(13)24-17/h1-2,4-5,11-12,14-15,18,24H,3,6-10H2,(H,22,27)(H,23,28)/t14-,15-,18-/m0/s1. The molecule has 0 unspecified atom stereocenters. The summed E-state index contributed by atoms with van der Waals surface area (Å²) in [5, 5.41) is 6.40. The zero-order valence-electron chi connectivity index (χ0n) is 16.0. The SMILES string of the molecule is O=C[C@H](C[C@@H]1CCNC1=O)NC(=O)[C@@H]1CCCN1C(=O)c1cc2ccccc2[nH]1. The summed E-state index contributed by atoms with van der Waals surface area (Å²) in [5.74, 6) is -0.917. The van der Waals surface area contributed by atoms with Crippen LogP contribution >= 0.6 is 0 Å². The Kier molecular flexibility index (Phi) is 5.33. The van der Waals surface area contributed by atoms with Crippen molar-refractivity contribution in [2.45, 2.75) is 37.8 Å². The molecule has 3 atom stereocenters. The molecule has 0 bridgehead atoms. The minimum Gasteiger partial charge on any atom is -0.356 e. The Bertz CT molecular complexity index is 920. The van der Waals surface area contributed by atoms with Gasteiger partial charge in [0.1, 0.15) is 18.0 Å². The second-order valence-corrected chi connectivity index (χ2v) is 7.69. The maximum Gasteiger partial charge on any atom is 0.270 e. The van der Waals surface area contributed by atoms with E-state index in [4.69, 9.17) is 0 Å². The molecule has 0 saturated carbocycles. The number of aldehydes is 1. The van der Waals surface area contributed by atoms with Gasteiger partial charge in [0.2, 0.25) is 11.8 Å². The highest BCUT2D eigenvalue weighted by molar-refractivity contribution is 6.00. The molecule has 0 radical (unpaired) electrons. The summed E-state index contributed by atoms with van der Waals surface area (Å²) in [5.41, 5.74) is 1.31. The zero-order chi connectivity index (χ0) is 20.4. The van der Waals surface area contributed by atoms with Gasteiger partial charge in [-0.1, -0.05) is 18.2 Å². The topological polar surface area (TPSA) is 111 Å². The lowest BCUT2D eigenvalue weighted by Gasteiger charge is -2.25. The fraction of sp³-hybridized carbons (Fsp3) is 0.429. The number of hydrogen-bond acceptors (Lipinski definition) is 4. The van der Waals surface area contributed by atoms with Crippen LogP contribution in [0.15, 0.2) is 30.3 Å².